The molecule has 5 heteroatoms. The van der Waals surface area contributed by atoms with Gasteiger partial charge in [0, 0.05) is 20.8 Å². The van der Waals surface area contributed by atoms with Crippen LogP contribution in [-0.2, 0) is 0 Å². The van der Waals surface area contributed by atoms with E-state index in [1.807, 2.05) is 78.9 Å². The highest BCUT2D eigenvalue weighted by molar-refractivity contribution is 6.30. The van der Waals surface area contributed by atoms with Gasteiger partial charge in [-0.1, -0.05) is 72.3 Å². The van der Waals surface area contributed by atoms with Gasteiger partial charge in [0.15, 0.2) is 0 Å². The molecule has 0 aliphatic rings. The minimum Gasteiger partial charge on any atom is -0.354 e. The van der Waals surface area contributed by atoms with Crippen molar-refractivity contribution in [3.63, 3.8) is 0 Å². The highest BCUT2D eigenvalue weighted by Gasteiger charge is 2.27. The zero-order valence-corrected chi connectivity index (χ0v) is 15.2. The van der Waals surface area contributed by atoms with Crippen molar-refractivity contribution >= 4 is 22.5 Å². The van der Waals surface area contributed by atoms with Crippen molar-refractivity contribution in [1.29, 1.82) is 0 Å². The van der Waals surface area contributed by atoms with Gasteiger partial charge in [-0.2, -0.15) is 0 Å². The number of aromatic amines is 1. The lowest BCUT2D eigenvalue weighted by atomic mass is 9.87. The molecule has 1 N–H and O–H groups in total. The minimum atomic E-state index is -0.358. The lowest BCUT2D eigenvalue weighted by Gasteiger charge is -2.16. The lowest BCUT2D eigenvalue weighted by Crippen LogP contribution is -2.14. The Morgan fingerprint density at radius 1 is 0.926 bits per heavy atom. The maximum Gasteiger partial charge on any atom is 0.214 e. The molecule has 27 heavy (non-hydrogen) atoms. The number of aromatic nitrogens is 1. The zero-order valence-electron chi connectivity index (χ0n) is 14.4. The van der Waals surface area contributed by atoms with Crippen molar-refractivity contribution in [1.82, 2.24) is 4.98 Å². The van der Waals surface area contributed by atoms with Crippen LogP contribution in [0, 0.1) is 10.1 Å². The van der Waals surface area contributed by atoms with Crippen LogP contribution in [0.1, 0.15) is 17.0 Å². The molecular formula is C22H17ClN2O2. The molecule has 0 spiro atoms. The number of para-hydroxylation sites is 1. The van der Waals surface area contributed by atoms with E-state index in [1.165, 1.54) is 0 Å². The molecule has 4 nitrogen and oxygen atoms in total. The Morgan fingerprint density at radius 3 is 2.30 bits per heavy atom. The first-order valence-electron chi connectivity index (χ1n) is 8.67. The third kappa shape index (κ3) is 3.44. The normalized spacial score (nSPS) is 12.2. The Bertz CT molecular complexity index is 1090. The molecule has 0 fully saturated rings. The fraction of sp³-hybridized carbons (Fsp3) is 0.0909. The summed E-state index contributed by atoms with van der Waals surface area (Å²) in [4.78, 5) is 14.7. The topological polar surface area (TPSA) is 58.9 Å². The van der Waals surface area contributed by atoms with Gasteiger partial charge in [0.2, 0.25) is 6.54 Å². The molecule has 1 aromatic heterocycles. The van der Waals surface area contributed by atoms with Crippen LogP contribution in [0.3, 0.4) is 0 Å². The van der Waals surface area contributed by atoms with Crippen LogP contribution >= 0.6 is 11.6 Å². The van der Waals surface area contributed by atoms with Crippen LogP contribution in [0.5, 0.6) is 0 Å². The van der Waals surface area contributed by atoms with Crippen molar-refractivity contribution in [2.45, 2.75) is 5.92 Å². The molecule has 0 bridgehead atoms. The fourth-order valence-electron chi connectivity index (χ4n) is 3.57. The summed E-state index contributed by atoms with van der Waals surface area (Å²) in [5.74, 6) is -0.358. The molecule has 0 amide bonds. The van der Waals surface area contributed by atoms with Crippen molar-refractivity contribution in [3.8, 4) is 11.3 Å². The van der Waals surface area contributed by atoms with Crippen LogP contribution < -0.4 is 0 Å². The van der Waals surface area contributed by atoms with Crippen molar-refractivity contribution in [2.24, 2.45) is 0 Å². The number of fused-ring (bicyclic) bond motifs is 1. The second-order valence-corrected chi connectivity index (χ2v) is 6.88. The first kappa shape index (κ1) is 17.3. The van der Waals surface area contributed by atoms with E-state index in [2.05, 4.69) is 4.98 Å². The van der Waals surface area contributed by atoms with Crippen LogP contribution in [0.4, 0.5) is 0 Å². The fourth-order valence-corrected chi connectivity index (χ4v) is 3.69. The predicted octanol–water partition coefficient (Wildman–Crippen LogP) is 5.90. The summed E-state index contributed by atoms with van der Waals surface area (Å²) in [7, 11) is 0. The quantitative estimate of drug-likeness (QED) is 0.348. The Labute approximate surface area is 161 Å². The number of halogens is 1. The number of hydrogen-bond donors (Lipinski definition) is 1. The molecule has 0 unspecified atom stereocenters. The summed E-state index contributed by atoms with van der Waals surface area (Å²) in [6.45, 7) is -0.174. The molecule has 0 aliphatic heterocycles. The second kappa shape index (κ2) is 7.25. The van der Waals surface area contributed by atoms with E-state index >= 15 is 0 Å². The van der Waals surface area contributed by atoms with Crippen LogP contribution in [0.2, 0.25) is 5.02 Å². The van der Waals surface area contributed by atoms with Gasteiger partial charge in [-0.05, 0) is 34.9 Å². The van der Waals surface area contributed by atoms with Crippen LogP contribution in [0.25, 0.3) is 22.2 Å². The van der Waals surface area contributed by atoms with E-state index in [-0.39, 0.29) is 17.4 Å². The van der Waals surface area contributed by atoms with Gasteiger partial charge in [-0.3, -0.25) is 10.1 Å². The van der Waals surface area contributed by atoms with E-state index in [4.69, 9.17) is 11.6 Å². The minimum absolute atomic E-state index is 0.174. The molecule has 0 aliphatic carbocycles. The summed E-state index contributed by atoms with van der Waals surface area (Å²) in [6, 6.07) is 25.1. The molecular weight excluding hydrogens is 360 g/mol. The maximum atomic E-state index is 11.5. The largest absolute Gasteiger partial charge is 0.354 e. The predicted molar refractivity (Wildman–Crippen MR) is 109 cm³/mol. The SMILES string of the molecule is O=[N+]([O-])C[C@@H](c1ccccc1)c1c(-c2ccc(Cl)cc2)[nH]c2ccccc12. The number of H-pyrrole nitrogens is 1. The Hall–Kier alpha value is -3.11. The molecule has 3 aromatic carbocycles. The van der Waals surface area contributed by atoms with Gasteiger partial charge in [-0.15, -0.1) is 0 Å². The van der Waals surface area contributed by atoms with E-state index in [0.29, 0.717) is 5.02 Å². The smallest absolute Gasteiger partial charge is 0.214 e. The van der Waals surface area contributed by atoms with Crippen molar-refractivity contribution in [3.05, 3.63) is 105 Å². The summed E-state index contributed by atoms with van der Waals surface area (Å²) in [5.41, 5.74) is 4.67. The van der Waals surface area contributed by atoms with Crippen molar-refractivity contribution < 1.29 is 4.92 Å². The van der Waals surface area contributed by atoms with Crippen molar-refractivity contribution in [2.75, 3.05) is 6.54 Å². The van der Waals surface area contributed by atoms with Gasteiger partial charge in [0.1, 0.15) is 0 Å². The molecule has 4 rings (SSSR count). The van der Waals surface area contributed by atoms with Gasteiger partial charge in [0.05, 0.1) is 11.6 Å². The third-order valence-corrected chi connectivity index (χ3v) is 5.01. The standard InChI is InChI=1S/C22H17ClN2O2/c23-17-12-10-16(11-13-17)22-21(18-8-4-5-9-20(18)24-22)19(14-25(26)27)15-6-2-1-3-7-15/h1-13,19,24H,14H2/t19-/m0/s1. The molecule has 0 saturated carbocycles. The monoisotopic (exact) mass is 376 g/mol. The van der Waals surface area contributed by atoms with Gasteiger partial charge in [-0.25, -0.2) is 0 Å². The second-order valence-electron chi connectivity index (χ2n) is 6.44. The van der Waals surface area contributed by atoms with E-state index in [9.17, 15) is 10.1 Å². The number of nitro groups is 1. The molecule has 0 saturated heterocycles. The lowest BCUT2D eigenvalue weighted by molar-refractivity contribution is -0.481. The molecule has 1 heterocycles. The van der Waals surface area contributed by atoms with Gasteiger partial charge < -0.3 is 4.98 Å². The number of hydrogen-bond acceptors (Lipinski definition) is 2. The highest BCUT2D eigenvalue weighted by Crippen LogP contribution is 2.39. The van der Waals surface area contributed by atoms with Gasteiger partial charge >= 0.3 is 0 Å². The number of nitrogens with one attached hydrogen (secondary N) is 1. The summed E-state index contributed by atoms with van der Waals surface area (Å²) in [5, 5.41) is 13.1. The first-order chi connectivity index (χ1) is 13.1. The highest BCUT2D eigenvalue weighted by atomic mass is 35.5. The van der Waals surface area contributed by atoms with E-state index in [0.717, 1.165) is 33.3 Å². The summed E-state index contributed by atoms with van der Waals surface area (Å²) < 4.78 is 0. The molecule has 134 valence electrons. The Morgan fingerprint density at radius 2 is 1.59 bits per heavy atom. The number of rotatable bonds is 5. The zero-order chi connectivity index (χ0) is 18.8. The van der Waals surface area contributed by atoms with Crippen LogP contribution in [-0.4, -0.2) is 16.5 Å². The Balaban J connectivity index is 1.98. The number of benzene rings is 3. The van der Waals surface area contributed by atoms with E-state index < -0.39 is 0 Å². The van der Waals surface area contributed by atoms with E-state index in [1.54, 1.807) is 0 Å². The first-order valence-corrected chi connectivity index (χ1v) is 9.04. The average Bonchev–Trinajstić information content (AvgIpc) is 3.06. The molecule has 1 atom stereocenters. The third-order valence-electron chi connectivity index (χ3n) is 4.76. The average molecular weight is 377 g/mol. The Kier molecular flexibility index (Phi) is 4.65. The van der Waals surface area contributed by atoms with Gasteiger partial charge in [0.25, 0.3) is 0 Å². The number of nitrogens with zero attached hydrogens (tertiary/aromatic N) is 1. The summed E-state index contributed by atoms with van der Waals surface area (Å²) in [6.07, 6.45) is 0. The van der Waals surface area contributed by atoms with Crippen LogP contribution in [0.15, 0.2) is 78.9 Å². The summed E-state index contributed by atoms with van der Waals surface area (Å²) >= 11 is 6.05. The molecule has 0 radical (unpaired) electrons. The maximum absolute atomic E-state index is 11.5. The molecule has 4 aromatic rings.